The van der Waals surface area contributed by atoms with Gasteiger partial charge in [0.15, 0.2) is 0 Å². The molecule has 0 amide bonds. The lowest BCUT2D eigenvalue weighted by Crippen LogP contribution is -2.18. The molecule has 2 rings (SSSR count). The molecule has 0 aliphatic rings. The lowest BCUT2D eigenvalue weighted by Gasteiger charge is -2.05. The van der Waals surface area contributed by atoms with Gasteiger partial charge in [0.25, 0.3) is 5.56 Å². The zero-order valence-electron chi connectivity index (χ0n) is 8.40. The molecule has 4 nitrogen and oxygen atoms in total. The van der Waals surface area contributed by atoms with Gasteiger partial charge in [-0.05, 0) is 12.1 Å². The molecule has 1 aromatic heterocycles. The number of aromatic amines is 1. The molecule has 0 unspecified atom stereocenters. The number of nitrogens with one attached hydrogen (secondary N) is 1. The van der Waals surface area contributed by atoms with Gasteiger partial charge in [-0.25, -0.2) is 4.98 Å². The second kappa shape index (κ2) is 4.47. The van der Waals surface area contributed by atoms with Gasteiger partial charge in [-0.2, -0.15) is 0 Å². The van der Waals surface area contributed by atoms with Crippen molar-refractivity contribution in [3.05, 3.63) is 51.5 Å². The second-order valence-electron chi connectivity index (χ2n) is 3.27. The Bertz CT molecular complexity index is 565. The zero-order valence-corrected chi connectivity index (χ0v) is 9.16. The predicted molar refractivity (Wildman–Crippen MR) is 63.2 cm³/mol. The topological polar surface area (TPSA) is 71.8 Å². The first kappa shape index (κ1) is 10.9. The molecule has 2 aromatic rings. The molecule has 0 bridgehead atoms. The lowest BCUT2D eigenvalue weighted by atomic mass is 10.1. The number of halogens is 1. The zero-order chi connectivity index (χ0) is 11.5. The first-order chi connectivity index (χ1) is 7.72. The van der Waals surface area contributed by atoms with Crippen LogP contribution in [0.2, 0.25) is 5.02 Å². The van der Waals surface area contributed by atoms with Crippen LogP contribution in [0.15, 0.2) is 35.4 Å². The van der Waals surface area contributed by atoms with Gasteiger partial charge in [-0.15, -0.1) is 0 Å². The Morgan fingerprint density at radius 2 is 2.25 bits per heavy atom. The largest absolute Gasteiger partial charge is 0.326 e. The monoisotopic (exact) mass is 235 g/mol. The van der Waals surface area contributed by atoms with Crippen LogP contribution in [-0.2, 0) is 6.54 Å². The molecular formula is C11H10ClN3O. The van der Waals surface area contributed by atoms with Gasteiger partial charge in [0, 0.05) is 17.1 Å². The van der Waals surface area contributed by atoms with Crippen LogP contribution < -0.4 is 11.3 Å². The van der Waals surface area contributed by atoms with Crippen LogP contribution in [0.4, 0.5) is 0 Å². The van der Waals surface area contributed by atoms with Crippen molar-refractivity contribution in [1.82, 2.24) is 9.97 Å². The van der Waals surface area contributed by atoms with E-state index < -0.39 is 0 Å². The van der Waals surface area contributed by atoms with E-state index in [2.05, 4.69) is 9.97 Å². The summed E-state index contributed by atoms with van der Waals surface area (Å²) in [5, 5.41) is 0.600. The summed E-state index contributed by atoms with van der Waals surface area (Å²) in [7, 11) is 0. The SMILES string of the molecule is NCc1c(-c2cccc(Cl)c2)nc[nH]c1=O. The molecule has 1 heterocycles. The number of hydrogen-bond acceptors (Lipinski definition) is 3. The molecule has 0 aliphatic carbocycles. The summed E-state index contributed by atoms with van der Waals surface area (Å²) in [5.74, 6) is 0. The van der Waals surface area contributed by atoms with Crippen molar-refractivity contribution >= 4 is 11.6 Å². The molecule has 0 fully saturated rings. The van der Waals surface area contributed by atoms with E-state index in [4.69, 9.17) is 17.3 Å². The molecular weight excluding hydrogens is 226 g/mol. The Kier molecular flexibility index (Phi) is 3.03. The van der Waals surface area contributed by atoms with Crippen LogP contribution in [0.5, 0.6) is 0 Å². The number of nitrogens with two attached hydrogens (primary N) is 1. The highest BCUT2D eigenvalue weighted by Gasteiger charge is 2.09. The first-order valence-corrected chi connectivity index (χ1v) is 5.12. The molecule has 0 aliphatic heterocycles. The van der Waals surface area contributed by atoms with E-state index >= 15 is 0 Å². The third-order valence-electron chi connectivity index (χ3n) is 2.25. The maximum Gasteiger partial charge on any atom is 0.255 e. The van der Waals surface area contributed by atoms with Crippen LogP contribution in [-0.4, -0.2) is 9.97 Å². The molecule has 0 spiro atoms. The highest BCUT2D eigenvalue weighted by Crippen LogP contribution is 2.21. The van der Waals surface area contributed by atoms with Crippen LogP contribution >= 0.6 is 11.6 Å². The average molecular weight is 236 g/mol. The Balaban J connectivity index is 2.64. The van der Waals surface area contributed by atoms with Gasteiger partial charge in [-0.3, -0.25) is 4.79 Å². The van der Waals surface area contributed by atoms with Crippen LogP contribution in [0.25, 0.3) is 11.3 Å². The number of nitrogens with zero attached hydrogens (tertiary/aromatic N) is 1. The van der Waals surface area contributed by atoms with E-state index in [-0.39, 0.29) is 12.1 Å². The van der Waals surface area contributed by atoms with Crippen molar-refractivity contribution in [2.75, 3.05) is 0 Å². The lowest BCUT2D eigenvalue weighted by molar-refractivity contribution is 0.980. The van der Waals surface area contributed by atoms with Gasteiger partial charge in [0.05, 0.1) is 17.6 Å². The highest BCUT2D eigenvalue weighted by molar-refractivity contribution is 6.30. The fourth-order valence-corrected chi connectivity index (χ4v) is 1.69. The van der Waals surface area contributed by atoms with Crippen molar-refractivity contribution in [2.45, 2.75) is 6.54 Å². The van der Waals surface area contributed by atoms with E-state index in [0.29, 0.717) is 16.3 Å². The van der Waals surface area contributed by atoms with Crippen molar-refractivity contribution in [1.29, 1.82) is 0 Å². The number of H-pyrrole nitrogens is 1. The summed E-state index contributed by atoms with van der Waals surface area (Å²) in [6.07, 6.45) is 1.36. The minimum absolute atomic E-state index is 0.144. The molecule has 3 N–H and O–H groups in total. The summed E-state index contributed by atoms with van der Waals surface area (Å²) >= 11 is 5.89. The summed E-state index contributed by atoms with van der Waals surface area (Å²) in [6, 6.07) is 7.16. The summed E-state index contributed by atoms with van der Waals surface area (Å²) in [6.45, 7) is 0.144. The van der Waals surface area contributed by atoms with Gasteiger partial charge >= 0.3 is 0 Å². The van der Waals surface area contributed by atoms with Crippen LogP contribution in [0.1, 0.15) is 5.56 Å². The third-order valence-corrected chi connectivity index (χ3v) is 2.49. The Morgan fingerprint density at radius 1 is 1.44 bits per heavy atom. The van der Waals surface area contributed by atoms with Crippen LogP contribution in [0, 0.1) is 0 Å². The molecule has 0 saturated carbocycles. The van der Waals surface area contributed by atoms with E-state index in [0.717, 1.165) is 5.56 Å². The van der Waals surface area contributed by atoms with Crippen molar-refractivity contribution in [2.24, 2.45) is 5.73 Å². The third kappa shape index (κ3) is 1.98. The number of aromatic nitrogens is 2. The van der Waals surface area contributed by atoms with Crippen molar-refractivity contribution in [3.63, 3.8) is 0 Å². The smallest absolute Gasteiger partial charge is 0.255 e. The van der Waals surface area contributed by atoms with E-state index in [9.17, 15) is 4.79 Å². The molecule has 1 aromatic carbocycles. The Hall–Kier alpha value is -1.65. The van der Waals surface area contributed by atoms with E-state index in [1.165, 1.54) is 6.33 Å². The first-order valence-electron chi connectivity index (χ1n) is 4.75. The molecule has 0 saturated heterocycles. The predicted octanol–water partition coefficient (Wildman–Crippen LogP) is 1.55. The Labute approximate surface area is 97.1 Å². The number of hydrogen-bond donors (Lipinski definition) is 2. The van der Waals surface area contributed by atoms with Crippen molar-refractivity contribution < 1.29 is 0 Å². The maximum atomic E-state index is 11.5. The summed E-state index contributed by atoms with van der Waals surface area (Å²) in [4.78, 5) is 18.1. The normalized spacial score (nSPS) is 10.4. The molecule has 5 heteroatoms. The van der Waals surface area contributed by atoms with Crippen LogP contribution in [0.3, 0.4) is 0 Å². The van der Waals surface area contributed by atoms with Gasteiger partial charge < -0.3 is 10.7 Å². The van der Waals surface area contributed by atoms with Gasteiger partial charge in [0.1, 0.15) is 0 Å². The van der Waals surface area contributed by atoms with Gasteiger partial charge in [0.2, 0.25) is 0 Å². The number of benzene rings is 1. The molecule has 16 heavy (non-hydrogen) atoms. The molecule has 0 atom stereocenters. The minimum Gasteiger partial charge on any atom is -0.326 e. The fourth-order valence-electron chi connectivity index (χ4n) is 1.50. The average Bonchev–Trinajstić information content (AvgIpc) is 2.28. The second-order valence-corrected chi connectivity index (χ2v) is 3.71. The van der Waals surface area contributed by atoms with E-state index in [1.54, 1.807) is 18.2 Å². The standard InChI is InChI=1S/C11H10ClN3O/c12-8-3-1-2-7(4-8)10-9(5-13)11(16)15-6-14-10/h1-4,6H,5,13H2,(H,14,15,16). The maximum absolute atomic E-state index is 11.5. The number of rotatable bonds is 2. The molecule has 82 valence electrons. The fraction of sp³-hybridized carbons (Fsp3) is 0.0909. The van der Waals surface area contributed by atoms with Crippen molar-refractivity contribution in [3.8, 4) is 11.3 Å². The quantitative estimate of drug-likeness (QED) is 0.830. The van der Waals surface area contributed by atoms with E-state index in [1.807, 2.05) is 6.07 Å². The highest BCUT2D eigenvalue weighted by atomic mass is 35.5. The minimum atomic E-state index is -0.215. The Morgan fingerprint density at radius 3 is 2.94 bits per heavy atom. The molecule has 0 radical (unpaired) electrons. The van der Waals surface area contributed by atoms with Gasteiger partial charge in [-0.1, -0.05) is 23.7 Å². The summed E-state index contributed by atoms with van der Waals surface area (Å²) < 4.78 is 0. The summed E-state index contributed by atoms with van der Waals surface area (Å²) in [5.41, 5.74) is 7.15.